The Morgan fingerprint density at radius 1 is 1.55 bits per heavy atom. The number of hydrogen-bond donors (Lipinski definition) is 0. The van der Waals surface area contributed by atoms with Gasteiger partial charge in [0.05, 0.1) is 32.4 Å². The molecule has 1 aromatic rings. The molecule has 0 amide bonds. The molecule has 0 spiro atoms. The van der Waals surface area contributed by atoms with Crippen LogP contribution in [0, 0.1) is 5.82 Å². The summed E-state index contributed by atoms with van der Waals surface area (Å²) in [5, 5.41) is 0. The van der Waals surface area contributed by atoms with Crippen molar-refractivity contribution >= 4 is 5.78 Å². The summed E-state index contributed by atoms with van der Waals surface area (Å²) < 4.78 is 23.9. The van der Waals surface area contributed by atoms with Crippen LogP contribution in [0.15, 0.2) is 18.2 Å². The van der Waals surface area contributed by atoms with Gasteiger partial charge < -0.3 is 9.47 Å². The molecule has 4 nitrogen and oxygen atoms in total. The first-order chi connectivity index (χ1) is 9.65. The highest BCUT2D eigenvalue weighted by molar-refractivity contribution is 6.00. The van der Waals surface area contributed by atoms with E-state index in [0.717, 1.165) is 13.0 Å². The Kier molecular flexibility index (Phi) is 5.09. The van der Waals surface area contributed by atoms with Gasteiger partial charge in [-0.15, -0.1) is 0 Å². The smallest absolute Gasteiger partial charge is 0.180 e. The van der Waals surface area contributed by atoms with E-state index in [4.69, 9.17) is 9.47 Å². The lowest BCUT2D eigenvalue weighted by atomic mass is 10.1. The Morgan fingerprint density at radius 3 is 3.05 bits per heavy atom. The maximum absolute atomic E-state index is 13.3. The van der Waals surface area contributed by atoms with Crippen molar-refractivity contribution in [2.24, 2.45) is 0 Å². The van der Waals surface area contributed by atoms with E-state index in [1.165, 1.54) is 25.3 Å². The van der Waals surface area contributed by atoms with Crippen molar-refractivity contribution in [2.45, 2.75) is 19.4 Å². The molecule has 0 aliphatic carbocycles. The maximum Gasteiger partial charge on any atom is 0.180 e. The minimum atomic E-state index is -0.428. The van der Waals surface area contributed by atoms with Gasteiger partial charge in [0, 0.05) is 12.6 Å². The summed E-state index contributed by atoms with van der Waals surface area (Å²) in [4.78, 5) is 14.5. The topological polar surface area (TPSA) is 38.8 Å². The third-order valence-electron chi connectivity index (χ3n) is 3.63. The molecular formula is C15H20FNO3. The number of carbonyl (C=O) groups excluding carboxylic acids is 1. The number of Topliss-reactive ketones (excluding diaryl/α,β-unsaturated/α-hetero) is 1. The van der Waals surface area contributed by atoms with Gasteiger partial charge in [-0.3, -0.25) is 9.69 Å². The second-order valence-electron chi connectivity index (χ2n) is 4.88. The van der Waals surface area contributed by atoms with Crippen molar-refractivity contribution in [2.75, 3.05) is 33.4 Å². The van der Waals surface area contributed by atoms with Crippen LogP contribution in [0.3, 0.4) is 0 Å². The van der Waals surface area contributed by atoms with Gasteiger partial charge in [0.1, 0.15) is 11.6 Å². The molecule has 1 saturated heterocycles. The highest BCUT2D eigenvalue weighted by atomic mass is 19.1. The molecule has 110 valence electrons. The number of rotatable bonds is 5. The van der Waals surface area contributed by atoms with Crippen LogP contribution in [0.1, 0.15) is 23.7 Å². The normalized spacial score (nSPS) is 19.9. The van der Waals surface area contributed by atoms with Crippen molar-refractivity contribution < 1.29 is 18.7 Å². The van der Waals surface area contributed by atoms with Crippen LogP contribution in [-0.2, 0) is 4.74 Å². The molecule has 0 N–H and O–H groups in total. The third kappa shape index (κ3) is 3.35. The Balaban J connectivity index is 2.13. The zero-order valence-electron chi connectivity index (χ0n) is 11.9. The summed E-state index contributed by atoms with van der Waals surface area (Å²) in [7, 11) is 1.48. The molecule has 0 aromatic heterocycles. The number of hydrogen-bond acceptors (Lipinski definition) is 4. The monoisotopic (exact) mass is 281 g/mol. The van der Waals surface area contributed by atoms with Crippen LogP contribution >= 0.6 is 0 Å². The average Bonchev–Trinajstić information content (AvgIpc) is 2.47. The van der Waals surface area contributed by atoms with Gasteiger partial charge in [0.15, 0.2) is 5.78 Å². The number of carbonyl (C=O) groups is 1. The first kappa shape index (κ1) is 14.9. The van der Waals surface area contributed by atoms with Gasteiger partial charge in [0.2, 0.25) is 0 Å². The van der Waals surface area contributed by atoms with Crippen molar-refractivity contribution in [3.05, 3.63) is 29.6 Å². The maximum atomic E-state index is 13.3. The molecular weight excluding hydrogens is 261 g/mol. The summed E-state index contributed by atoms with van der Waals surface area (Å²) in [6.45, 7) is 4.33. The number of ether oxygens (including phenoxy) is 2. The van der Waals surface area contributed by atoms with Gasteiger partial charge in [-0.05, 0) is 24.6 Å². The van der Waals surface area contributed by atoms with E-state index in [0.29, 0.717) is 24.5 Å². The largest absolute Gasteiger partial charge is 0.496 e. The molecule has 20 heavy (non-hydrogen) atoms. The predicted octanol–water partition coefficient (Wildman–Crippen LogP) is 2.13. The Bertz CT molecular complexity index is 478. The Labute approximate surface area is 118 Å². The van der Waals surface area contributed by atoms with E-state index < -0.39 is 5.82 Å². The van der Waals surface area contributed by atoms with Crippen molar-refractivity contribution in [3.63, 3.8) is 0 Å². The van der Waals surface area contributed by atoms with E-state index in [2.05, 4.69) is 11.8 Å². The summed E-state index contributed by atoms with van der Waals surface area (Å²) >= 11 is 0. The van der Waals surface area contributed by atoms with Gasteiger partial charge in [-0.1, -0.05) is 6.92 Å². The van der Waals surface area contributed by atoms with E-state index in [-0.39, 0.29) is 18.4 Å². The summed E-state index contributed by atoms with van der Waals surface area (Å²) in [5.41, 5.74) is 0.300. The lowest BCUT2D eigenvalue weighted by Crippen LogP contribution is -2.47. The molecule has 2 rings (SSSR count). The molecule has 1 aromatic carbocycles. The Hall–Kier alpha value is -1.46. The quantitative estimate of drug-likeness (QED) is 0.775. The Morgan fingerprint density at radius 2 is 2.35 bits per heavy atom. The van der Waals surface area contributed by atoms with Gasteiger partial charge in [0.25, 0.3) is 0 Å². The molecule has 0 bridgehead atoms. The lowest BCUT2D eigenvalue weighted by molar-refractivity contribution is -0.00588. The van der Waals surface area contributed by atoms with Crippen molar-refractivity contribution in [1.29, 1.82) is 0 Å². The highest BCUT2D eigenvalue weighted by Gasteiger charge is 2.25. The van der Waals surface area contributed by atoms with Crippen molar-refractivity contribution in [1.82, 2.24) is 4.90 Å². The van der Waals surface area contributed by atoms with Crippen LogP contribution < -0.4 is 4.74 Å². The van der Waals surface area contributed by atoms with E-state index in [1.807, 2.05) is 0 Å². The van der Waals surface area contributed by atoms with E-state index in [1.54, 1.807) is 0 Å². The molecule has 1 aliphatic heterocycles. The van der Waals surface area contributed by atoms with Crippen LogP contribution in [0.2, 0.25) is 0 Å². The van der Waals surface area contributed by atoms with Crippen LogP contribution in [0.4, 0.5) is 4.39 Å². The number of methoxy groups -OCH3 is 1. The summed E-state index contributed by atoms with van der Waals surface area (Å²) in [6, 6.07) is 4.26. The average molecular weight is 281 g/mol. The third-order valence-corrected chi connectivity index (χ3v) is 3.63. The molecule has 1 heterocycles. The molecule has 1 aliphatic rings. The zero-order chi connectivity index (χ0) is 14.5. The number of ketones is 1. The second-order valence-corrected chi connectivity index (χ2v) is 4.88. The van der Waals surface area contributed by atoms with Crippen LogP contribution in [0.5, 0.6) is 5.75 Å². The molecule has 5 heteroatoms. The van der Waals surface area contributed by atoms with Gasteiger partial charge in [-0.25, -0.2) is 4.39 Å². The standard InChI is InChI=1S/C15H20FNO3/c1-3-12-10-20-7-6-17(12)9-14(18)13-8-11(16)4-5-15(13)19-2/h4-5,8,12H,3,6-7,9-10H2,1-2H3. The van der Waals surface area contributed by atoms with Crippen LogP contribution in [0.25, 0.3) is 0 Å². The first-order valence-corrected chi connectivity index (χ1v) is 6.84. The van der Waals surface area contributed by atoms with E-state index >= 15 is 0 Å². The van der Waals surface area contributed by atoms with E-state index in [9.17, 15) is 9.18 Å². The zero-order valence-corrected chi connectivity index (χ0v) is 11.9. The summed E-state index contributed by atoms with van der Waals surface area (Å²) in [6.07, 6.45) is 0.924. The van der Waals surface area contributed by atoms with Gasteiger partial charge in [-0.2, -0.15) is 0 Å². The lowest BCUT2D eigenvalue weighted by Gasteiger charge is -2.34. The molecule has 1 atom stereocenters. The van der Waals surface area contributed by atoms with Crippen LogP contribution in [-0.4, -0.2) is 50.1 Å². The molecule has 0 saturated carbocycles. The minimum absolute atomic E-state index is 0.123. The number of morpholine rings is 1. The summed E-state index contributed by atoms with van der Waals surface area (Å²) in [5.74, 6) is -0.137. The number of halogens is 1. The first-order valence-electron chi connectivity index (χ1n) is 6.84. The fourth-order valence-electron chi connectivity index (χ4n) is 2.44. The fraction of sp³-hybridized carbons (Fsp3) is 0.533. The number of benzene rings is 1. The minimum Gasteiger partial charge on any atom is -0.496 e. The fourth-order valence-corrected chi connectivity index (χ4v) is 2.44. The molecule has 1 unspecified atom stereocenters. The second kappa shape index (κ2) is 6.81. The molecule has 0 radical (unpaired) electrons. The SMILES string of the molecule is CCC1COCCN1CC(=O)c1cc(F)ccc1OC. The van der Waals surface area contributed by atoms with Crippen molar-refractivity contribution in [3.8, 4) is 5.75 Å². The molecule has 1 fully saturated rings. The predicted molar refractivity (Wildman–Crippen MR) is 73.8 cm³/mol. The van der Waals surface area contributed by atoms with Gasteiger partial charge >= 0.3 is 0 Å². The highest BCUT2D eigenvalue weighted by Crippen LogP contribution is 2.21. The number of nitrogens with zero attached hydrogens (tertiary/aromatic N) is 1.